The molecule has 2 rings (SSSR count). The van der Waals surface area contributed by atoms with Crippen LogP contribution in [0.2, 0.25) is 0 Å². The summed E-state index contributed by atoms with van der Waals surface area (Å²) in [4.78, 5) is 0. The van der Waals surface area contributed by atoms with Gasteiger partial charge < -0.3 is 11.5 Å². The van der Waals surface area contributed by atoms with Gasteiger partial charge in [0.1, 0.15) is 0 Å². The van der Waals surface area contributed by atoms with Crippen LogP contribution < -0.4 is 11.5 Å². The molecule has 2 heteroatoms. The molecule has 2 nitrogen and oxygen atoms in total. The molecule has 1 unspecified atom stereocenters. The second-order valence-electron chi connectivity index (χ2n) is 7.14. The van der Waals surface area contributed by atoms with E-state index in [0.29, 0.717) is 5.41 Å². The lowest BCUT2D eigenvalue weighted by Crippen LogP contribution is -2.20. The third-order valence-corrected chi connectivity index (χ3v) is 4.89. The predicted octanol–water partition coefficient (Wildman–Crippen LogP) is 4.11. The molecule has 1 saturated carbocycles. The fourth-order valence-corrected chi connectivity index (χ4v) is 3.25. The Bertz CT molecular complexity index is 398. The third-order valence-electron chi connectivity index (χ3n) is 4.89. The van der Waals surface area contributed by atoms with Crippen LogP contribution >= 0.6 is 0 Å². The Kier molecular flexibility index (Phi) is 5.22. The van der Waals surface area contributed by atoms with E-state index in [1.165, 1.54) is 36.8 Å². The van der Waals surface area contributed by atoms with E-state index in [1.807, 2.05) is 0 Å². The average Bonchev–Trinajstić information content (AvgIpc) is 2.45. The summed E-state index contributed by atoms with van der Waals surface area (Å²) in [5.41, 5.74) is 15.0. The molecule has 112 valence electrons. The van der Waals surface area contributed by atoms with Gasteiger partial charge in [-0.15, -0.1) is 0 Å². The molecule has 0 saturated heterocycles. The zero-order valence-corrected chi connectivity index (χ0v) is 13.1. The highest BCUT2D eigenvalue weighted by Gasteiger charge is 2.27. The predicted molar refractivity (Wildman–Crippen MR) is 86.6 cm³/mol. The SMILES string of the molecule is CC1(C)CCC(c2ccc(C(N)CCCN)cc2)CC1. The highest BCUT2D eigenvalue weighted by Crippen LogP contribution is 2.42. The van der Waals surface area contributed by atoms with Gasteiger partial charge in [0, 0.05) is 6.04 Å². The molecular weight excluding hydrogens is 244 g/mol. The summed E-state index contributed by atoms with van der Waals surface area (Å²) < 4.78 is 0. The van der Waals surface area contributed by atoms with Crippen molar-refractivity contribution in [2.45, 2.75) is 64.3 Å². The first kappa shape index (κ1) is 15.5. The minimum absolute atomic E-state index is 0.137. The summed E-state index contributed by atoms with van der Waals surface area (Å²) in [7, 11) is 0. The van der Waals surface area contributed by atoms with Crippen LogP contribution in [-0.2, 0) is 0 Å². The number of hydrogen-bond acceptors (Lipinski definition) is 2. The summed E-state index contributed by atoms with van der Waals surface area (Å²) in [6.45, 7) is 5.51. The highest BCUT2D eigenvalue weighted by molar-refractivity contribution is 5.27. The van der Waals surface area contributed by atoms with Crippen LogP contribution in [0.25, 0.3) is 0 Å². The van der Waals surface area contributed by atoms with Crippen molar-refractivity contribution in [1.82, 2.24) is 0 Å². The van der Waals surface area contributed by atoms with Gasteiger partial charge in [0.2, 0.25) is 0 Å². The lowest BCUT2D eigenvalue weighted by atomic mass is 9.71. The van der Waals surface area contributed by atoms with Crippen LogP contribution in [0.1, 0.15) is 75.5 Å². The van der Waals surface area contributed by atoms with Gasteiger partial charge in [0.05, 0.1) is 0 Å². The molecule has 0 amide bonds. The van der Waals surface area contributed by atoms with E-state index < -0.39 is 0 Å². The summed E-state index contributed by atoms with van der Waals surface area (Å²) >= 11 is 0. The van der Waals surface area contributed by atoms with Gasteiger partial charge in [-0.1, -0.05) is 38.1 Å². The number of benzene rings is 1. The quantitative estimate of drug-likeness (QED) is 0.849. The zero-order chi connectivity index (χ0) is 14.6. The van der Waals surface area contributed by atoms with E-state index in [0.717, 1.165) is 25.3 Å². The molecule has 0 radical (unpaired) electrons. The van der Waals surface area contributed by atoms with Crippen molar-refractivity contribution in [3.05, 3.63) is 35.4 Å². The van der Waals surface area contributed by atoms with E-state index in [1.54, 1.807) is 0 Å². The fourth-order valence-electron chi connectivity index (χ4n) is 3.25. The van der Waals surface area contributed by atoms with Crippen LogP contribution in [0.5, 0.6) is 0 Å². The highest BCUT2D eigenvalue weighted by atomic mass is 14.6. The van der Waals surface area contributed by atoms with Gasteiger partial charge in [0.15, 0.2) is 0 Å². The Labute approximate surface area is 123 Å². The molecule has 1 aliphatic carbocycles. The standard InChI is InChI=1S/C18H30N2/c1-18(2)11-9-15(10-12-18)14-5-7-16(8-6-14)17(20)4-3-13-19/h5-8,15,17H,3-4,9-13,19-20H2,1-2H3. The molecule has 0 heterocycles. The Morgan fingerprint density at radius 2 is 1.75 bits per heavy atom. The summed E-state index contributed by atoms with van der Waals surface area (Å²) in [6, 6.07) is 9.16. The third kappa shape index (κ3) is 4.07. The molecular formula is C18H30N2. The molecule has 0 aliphatic heterocycles. The van der Waals surface area contributed by atoms with Crippen LogP contribution in [-0.4, -0.2) is 6.54 Å². The van der Waals surface area contributed by atoms with E-state index >= 15 is 0 Å². The van der Waals surface area contributed by atoms with Gasteiger partial charge in [-0.25, -0.2) is 0 Å². The Morgan fingerprint density at radius 3 is 2.30 bits per heavy atom. The molecule has 0 aromatic heterocycles. The summed E-state index contributed by atoms with van der Waals surface area (Å²) in [6.07, 6.45) is 7.32. The molecule has 1 atom stereocenters. The smallest absolute Gasteiger partial charge is 0.0295 e. The lowest BCUT2D eigenvalue weighted by molar-refractivity contribution is 0.224. The van der Waals surface area contributed by atoms with Gasteiger partial charge in [-0.2, -0.15) is 0 Å². The Balaban J connectivity index is 1.95. The molecule has 1 aromatic rings. The molecule has 1 fully saturated rings. The summed E-state index contributed by atoms with van der Waals surface area (Å²) in [5.74, 6) is 0.748. The van der Waals surface area contributed by atoms with Crippen molar-refractivity contribution in [2.75, 3.05) is 6.54 Å². The monoisotopic (exact) mass is 274 g/mol. The van der Waals surface area contributed by atoms with Crippen LogP contribution in [0.3, 0.4) is 0 Å². The first-order chi connectivity index (χ1) is 9.52. The van der Waals surface area contributed by atoms with Crippen LogP contribution in [0.15, 0.2) is 24.3 Å². The minimum atomic E-state index is 0.137. The second kappa shape index (κ2) is 6.73. The van der Waals surface area contributed by atoms with Gasteiger partial charge in [-0.05, 0) is 67.5 Å². The minimum Gasteiger partial charge on any atom is -0.330 e. The van der Waals surface area contributed by atoms with Crippen molar-refractivity contribution in [3.63, 3.8) is 0 Å². The molecule has 1 aliphatic rings. The number of nitrogens with two attached hydrogens (primary N) is 2. The lowest BCUT2D eigenvalue weighted by Gasteiger charge is -2.34. The van der Waals surface area contributed by atoms with Crippen molar-refractivity contribution in [2.24, 2.45) is 16.9 Å². The molecule has 20 heavy (non-hydrogen) atoms. The van der Waals surface area contributed by atoms with E-state index in [4.69, 9.17) is 11.5 Å². The maximum Gasteiger partial charge on any atom is 0.0295 e. The van der Waals surface area contributed by atoms with Crippen molar-refractivity contribution >= 4 is 0 Å². The van der Waals surface area contributed by atoms with Crippen molar-refractivity contribution in [1.29, 1.82) is 0 Å². The van der Waals surface area contributed by atoms with Gasteiger partial charge in [-0.3, -0.25) is 0 Å². The summed E-state index contributed by atoms with van der Waals surface area (Å²) in [5, 5.41) is 0. The van der Waals surface area contributed by atoms with E-state index in [9.17, 15) is 0 Å². The zero-order valence-electron chi connectivity index (χ0n) is 13.1. The average molecular weight is 274 g/mol. The Morgan fingerprint density at radius 1 is 1.15 bits per heavy atom. The topological polar surface area (TPSA) is 52.0 Å². The molecule has 0 spiro atoms. The second-order valence-corrected chi connectivity index (χ2v) is 7.14. The van der Waals surface area contributed by atoms with E-state index in [-0.39, 0.29) is 6.04 Å². The first-order valence-corrected chi connectivity index (χ1v) is 8.07. The van der Waals surface area contributed by atoms with Crippen molar-refractivity contribution in [3.8, 4) is 0 Å². The van der Waals surface area contributed by atoms with Crippen LogP contribution in [0, 0.1) is 5.41 Å². The molecule has 1 aromatic carbocycles. The fraction of sp³-hybridized carbons (Fsp3) is 0.667. The normalized spacial score (nSPS) is 20.8. The maximum atomic E-state index is 6.19. The molecule has 4 N–H and O–H groups in total. The maximum absolute atomic E-state index is 6.19. The van der Waals surface area contributed by atoms with Crippen LogP contribution in [0.4, 0.5) is 0 Å². The van der Waals surface area contributed by atoms with E-state index in [2.05, 4.69) is 38.1 Å². The largest absolute Gasteiger partial charge is 0.330 e. The van der Waals surface area contributed by atoms with Gasteiger partial charge >= 0.3 is 0 Å². The number of rotatable bonds is 5. The Hall–Kier alpha value is -0.860. The van der Waals surface area contributed by atoms with Crippen molar-refractivity contribution < 1.29 is 0 Å². The van der Waals surface area contributed by atoms with Gasteiger partial charge in [0.25, 0.3) is 0 Å². The number of hydrogen-bond donors (Lipinski definition) is 2. The molecule has 0 bridgehead atoms. The first-order valence-electron chi connectivity index (χ1n) is 8.07.